The lowest BCUT2D eigenvalue weighted by Crippen LogP contribution is -2.11. The van der Waals surface area contributed by atoms with E-state index in [9.17, 15) is 9.59 Å². The van der Waals surface area contributed by atoms with Gasteiger partial charge in [-0.3, -0.25) is 0 Å². The molecule has 0 bridgehead atoms. The predicted octanol–water partition coefficient (Wildman–Crippen LogP) is 3.05. The first-order valence-corrected chi connectivity index (χ1v) is 10.5. The number of nitrogens with one attached hydrogen (secondary N) is 2. The molecule has 0 spiro atoms. The van der Waals surface area contributed by atoms with E-state index in [4.69, 9.17) is 24.7 Å². The van der Waals surface area contributed by atoms with Crippen LogP contribution >= 0.6 is 0 Å². The second kappa shape index (κ2) is 11.5. The number of methoxy groups -OCH3 is 4. The Morgan fingerprint density at radius 2 is 1.49 bits per heavy atom. The SMILES string of the molecule is COC(=O)c1cc(Nc2ncnc(NCCc3ccc(OC)c(OC)c3)c2N)cc(C(=O)OC)c1. The molecule has 1 aromatic heterocycles. The number of nitrogen functional groups attached to an aromatic ring is 1. The zero-order chi connectivity index (χ0) is 25.4. The number of anilines is 4. The predicted molar refractivity (Wildman–Crippen MR) is 131 cm³/mol. The summed E-state index contributed by atoms with van der Waals surface area (Å²) in [4.78, 5) is 32.5. The fourth-order valence-corrected chi connectivity index (χ4v) is 3.31. The number of hydrogen-bond donors (Lipinski definition) is 3. The molecule has 0 aliphatic carbocycles. The van der Waals surface area contributed by atoms with Crippen molar-refractivity contribution in [2.24, 2.45) is 0 Å². The van der Waals surface area contributed by atoms with Gasteiger partial charge in [0.05, 0.1) is 39.6 Å². The first-order chi connectivity index (χ1) is 16.9. The van der Waals surface area contributed by atoms with Gasteiger partial charge in [0, 0.05) is 12.2 Å². The second-order valence-corrected chi connectivity index (χ2v) is 7.26. The number of aromatic nitrogens is 2. The van der Waals surface area contributed by atoms with Crippen molar-refractivity contribution < 1.29 is 28.5 Å². The third-order valence-corrected chi connectivity index (χ3v) is 5.08. The number of carbonyl (C=O) groups is 2. The molecule has 35 heavy (non-hydrogen) atoms. The highest BCUT2D eigenvalue weighted by atomic mass is 16.5. The molecule has 184 valence electrons. The van der Waals surface area contributed by atoms with Crippen LogP contribution in [0, 0.1) is 0 Å². The number of hydrogen-bond acceptors (Lipinski definition) is 11. The van der Waals surface area contributed by atoms with E-state index >= 15 is 0 Å². The van der Waals surface area contributed by atoms with Crippen LogP contribution in [0.1, 0.15) is 26.3 Å². The minimum atomic E-state index is -0.605. The maximum atomic E-state index is 12.0. The number of nitrogens with two attached hydrogens (primary N) is 1. The number of rotatable bonds is 10. The Labute approximate surface area is 202 Å². The van der Waals surface area contributed by atoms with Gasteiger partial charge in [-0.15, -0.1) is 0 Å². The van der Waals surface area contributed by atoms with Gasteiger partial charge in [-0.25, -0.2) is 19.6 Å². The summed E-state index contributed by atoms with van der Waals surface area (Å²) in [6.45, 7) is 0.542. The van der Waals surface area contributed by atoms with E-state index in [1.54, 1.807) is 14.2 Å². The van der Waals surface area contributed by atoms with Crippen LogP contribution in [0.25, 0.3) is 0 Å². The zero-order valence-electron chi connectivity index (χ0n) is 19.9. The van der Waals surface area contributed by atoms with Crippen LogP contribution in [0.15, 0.2) is 42.7 Å². The molecular weight excluding hydrogens is 454 g/mol. The average Bonchev–Trinajstić information content (AvgIpc) is 2.89. The monoisotopic (exact) mass is 481 g/mol. The van der Waals surface area contributed by atoms with Gasteiger partial charge in [0.2, 0.25) is 0 Å². The van der Waals surface area contributed by atoms with Crippen molar-refractivity contribution >= 4 is 34.9 Å². The summed E-state index contributed by atoms with van der Waals surface area (Å²) >= 11 is 0. The number of benzene rings is 2. The number of ether oxygens (including phenoxy) is 4. The molecule has 0 radical (unpaired) electrons. The van der Waals surface area contributed by atoms with Crippen LogP contribution in [0.3, 0.4) is 0 Å². The quantitative estimate of drug-likeness (QED) is 0.367. The van der Waals surface area contributed by atoms with Crippen LogP contribution in [0.5, 0.6) is 11.5 Å². The highest BCUT2D eigenvalue weighted by Crippen LogP contribution is 2.29. The number of nitrogens with zero attached hydrogens (tertiary/aromatic N) is 2. The van der Waals surface area contributed by atoms with Gasteiger partial charge in [-0.1, -0.05) is 6.07 Å². The summed E-state index contributed by atoms with van der Waals surface area (Å²) in [5.41, 5.74) is 8.31. The van der Waals surface area contributed by atoms with Crippen molar-refractivity contribution in [3.63, 3.8) is 0 Å². The number of carbonyl (C=O) groups excluding carboxylic acids is 2. The van der Waals surface area contributed by atoms with Crippen LogP contribution in [-0.2, 0) is 15.9 Å². The lowest BCUT2D eigenvalue weighted by molar-refractivity contribution is 0.0599. The summed E-state index contributed by atoms with van der Waals surface area (Å²) in [5.74, 6) is 0.829. The minimum absolute atomic E-state index is 0.166. The summed E-state index contributed by atoms with van der Waals surface area (Å²) in [5, 5.41) is 6.22. The van der Waals surface area contributed by atoms with Gasteiger partial charge in [0.25, 0.3) is 0 Å². The lowest BCUT2D eigenvalue weighted by atomic mass is 10.1. The molecule has 0 aliphatic rings. The largest absolute Gasteiger partial charge is 0.493 e. The molecule has 0 saturated heterocycles. The summed E-state index contributed by atoms with van der Waals surface area (Å²) in [7, 11) is 5.68. The smallest absolute Gasteiger partial charge is 0.337 e. The maximum Gasteiger partial charge on any atom is 0.337 e. The molecule has 0 unspecified atom stereocenters. The van der Waals surface area contributed by atoms with E-state index in [1.807, 2.05) is 18.2 Å². The van der Waals surface area contributed by atoms with E-state index in [0.717, 1.165) is 5.56 Å². The van der Waals surface area contributed by atoms with Gasteiger partial charge in [0.1, 0.15) is 12.0 Å². The summed E-state index contributed by atoms with van der Waals surface area (Å²) in [6.07, 6.45) is 2.03. The first-order valence-electron chi connectivity index (χ1n) is 10.5. The molecule has 1 heterocycles. The van der Waals surface area contributed by atoms with Crippen molar-refractivity contribution in [2.75, 3.05) is 51.4 Å². The van der Waals surface area contributed by atoms with Gasteiger partial charge in [0.15, 0.2) is 23.1 Å². The van der Waals surface area contributed by atoms with Gasteiger partial charge in [-0.2, -0.15) is 0 Å². The summed E-state index contributed by atoms with van der Waals surface area (Å²) < 4.78 is 20.1. The van der Waals surface area contributed by atoms with E-state index in [1.165, 1.54) is 38.7 Å². The second-order valence-electron chi connectivity index (χ2n) is 7.26. The standard InChI is InChI=1S/C24H27N5O6/c1-32-18-6-5-14(9-19(18)33-2)7-8-26-21-20(25)22(28-13-27-21)29-17-11-15(23(30)34-3)10-16(12-17)24(31)35-4/h5-6,9-13H,7-8,25H2,1-4H3,(H2,26,27,28,29). The molecule has 0 aliphatic heterocycles. The van der Waals surface area contributed by atoms with Crippen LogP contribution < -0.4 is 25.8 Å². The highest BCUT2D eigenvalue weighted by Gasteiger charge is 2.16. The Bertz CT molecular complexity index is 1180. The van der Waals surface area contributed by atoms with Crippen LogP contribution in [-0.4, -0.2) is 56.9 Å². The fraction of sp³-hybridized carbons (Fsp3) is 0.250. The Morgan fingerprint density at radius 3 is 2.09 bits per heavy atom. The molecule has 3 rings (SSSR count). The molecule has 0 saturated carbocycles. The van der Waals surface area contributed by atoms with E-state index in [2.05, 4.69) is 20.6 Å². The molecule has 4 N–H and O–H groups in total. The van der Waals surface area contributed by atoms with Crippen molar-refractivity contribution in [3.8, 4) is 11.5 Å². The van der Waals surface area contributed by atoms with Gasteiger partial charge < -0.3 is 35.3 Å². The van der Waals surface area contributed by atoms with Crippen molar-refractivity contribution in [3.05, 3.63) is 59.4 Å². The third-order valence-electron chi connectivity index (χ3n) is 5.08. The van der Waals surface area contributed by atoms with Crippen molar-refractivity contribution in [1.82, 2.24) is 9.97 Å². The third kappa shape index (κ3) is 6.08. The molecular formula is C24H27N5O6. The van der Waals surface area contributed by atoms with Crippen LogP contribution in [0.4, 0.5) is 23.0 Å². The maximum absolute atomic E-state index is 12.0. The van der Waals surface area contributed by atoms with E-state index in [0.29, 0.717) is 41.8 Å². The lowest BCUT2D eigenvalue weighted by Gasteiger charge is -2.14. The number of esters is 2. The van der Waals surface area contributed by atoms with E-state index in [-0.39, 0.29) is 16.8 Å². The Morgan fingerprint density at radius 1 is 0.857 bits per heavy atom. The topological polar surface area (TPSA) is 147 Å². The molecule has 0 amide bonds. The Balaban J connectivity index is 1.76. The van der Waals surface area contributed by atoms with Crippen molar-refractivity contribution in [2.45, 2.75) is 6.42 Å². The van der Waals surface area contributed by atoms with Crippen LogP contribution in [0.2, 0.25) is 0 Å². The Kier molecular flexibility index (Phi) is 8.28. The fourth-order valence-electron chi connectivity index (χ4n) is 3.31. The molecule has 11 heteroatoms. The van der Waals surface area contributed by atoms with E-state index < -0.39 is 11.9 Å². The first kappa shape index (κ1) is 25.1. The molecule has 11 nitrogen and oxygen atoms in total. The summed E-state index contributed by atoms with van der Waals surface area (Å²) in [6, 6.07) is 10.1. The average molecular weight is 482 g/mol. The molecule has 0 atom stereocenters. The highest BCUT2D eigenvalue weighted by molar-refractivity contribution is 5.97. The molecule has 3 aromatic rings. The van der Waals surface area contributed by atoms with Gasteiger partial charge in [-0.05, 0) is 42.3 Å². The zero-order valence-corrected chi connectivity index (χ0v) is 19.9. The van der Waals surface area contributed by atoms with Gasteiger partial charge >= 0.3 is 11.9 Å². The molecule has 2 aromatic carbocycles. The molecule has 0 fully saturated rings. The minimum Gasteiger partial charge on any atom is -0.493 e. The Hall–Kier alpha value is -4.54. The normalized spacial score (nSPS) is 10.3. The van der Waals surface area contributed by atoms with Crippen molar-refractivity contribution in [1.29, 1.82) is 0 Å².